The molecule has 1 unspecified atom stereocenters. The van der Waals surface area contributed by atoms with E-state index in [2.05, 4.69) is 20.2 Å². The summed E-state index contributed by atoms with van der Waals surface area (Å²) < 4.78 is 11.3. The molecule has 29 heavy (non-hydrogen) atoms. The van der Waals surface area contributed by atoms with Crippen molar-refractivity contribution >= 4 is 27.6 Å². The standard InChI is InChI=1S/C18H22N6O4S/c1-9(2)14(28-18(19)26)16-21-10-7-12(29-15(10)17(25)22-16)11-8-20-24(23-11)13-5-3-4-6-27-13/h7-9,13-14H,3-6H2,1-2H3,(H2,19,26)(H,21,22,25)/t13?,14-/m0/s1. The molecule has 154 valence electrons. The van der Waals surface area contributed by atoms with Gasteiger partial charge >= 0.3 is 6.09 Å². The fraction of sp³-hybridized carbons (Fsp3) is 0.500. The number of nitrogens with two attached hydrogens (primary N) is 1. The van der Waals surface area contributed by atoms with Crippen LogP contribution in [0, 0.1) is 5.92 Å². The van der Waals surface area contributed by atoms with E-state index in [4.69, 9.17) is 15.2 Å². The molecule has 0 aromatic carbocycles. The third-order valence-corrected chi connectivity index (χ3v) is 5.84. The smallest absolute Gasteiger partial charge is 0.405 e. The Labute approximate surface area is 170 Å². The van der Waals surface area contributed by atoms with E-state index in [1.54, 1.807) is 17.1 Å². The Morgan fingerprint density at radius 3 is 2.97 bits per heavy atom. The van der Waals surface area contributed by atoms with Crippen LogP contribution in [0.25, 0.3) is 20.8 Å². The fourth-order valence-corrected chi connectivity index (χ4v) is 4.23. The number of thiophene rings is 1. The summed E-state index contributed by atoms with van der Waals surface area (Å²) in [5, 5.41) is 8.84. The van der Waals surface area contributed by atoms with Gasteiger partial charge in [-0.05, 0) is 31.2 Å². The molecule has 3 aromatic heterocycles. The Kier molecular flexibility index (Phi) is 5.33. The molecular weight excluding hydrogens is 396 g/mol. The average molecular weight is 418 g/mol. The van der Waals surface area contributed by atoms with Gasteiger partial charge < -0.3 is 20.2 Å². The summed E-state index contributed by atoms with van der Waals surface area (Å²) in [5.74, 6) is 0.150. The van der Waals surface area contributed by atoms with Crippen molar-refractivity contribution < 1.29 is 14.3 Å². The summed E-state index contributed by atoms with van der Waals surface area (Å²) in [7, 11) is 0. The SMILES string of the molecule is CC(C)[C@H](OC(N)=O)c1nc2cc(-c3cnn(C4CCCCO4)n3)sc2c(=O)[nH]1. The van der Waals surface area contributed by atoms with E-state index < -0.39 is 12.2 Å². The Hall–Kier alpha value is -2.79. The normalized spacial score (nSPS) is 18.2. The summed E-state index contributed by atoms with van der Waals surface area (Å²) in [6.45, 7) is 4.40. The van der Waals surface area contributed by atoms with Gasteiger partial charge in [-0.3, -0.25) is 4.79 Å². The zero-order chi connectivity index (χ0) is 20.5. The molecule has 4 rings (SSSR count). The monoisotopic (exact) mass is 418 g/mol. The van der Waals surface area contributed by atoms with E-state index in [9.17, 15) is 9.59 Å². The van der Waals surface area contributed by atoms with Crippen LogP contribution in [0.3, 0.4) is 0 Å². The number of aromatic nitrogens is 5. The largest absolute Gasteiger partial charge is 0.438 e. The number of amides is 1. The first kappa shape index (κ1) is 19.5. The first-order chi connectivity index (χ1) is 13.9. The number of hydrogen-bond donors (Lipinski definition) is 2. The van der Waals surface area contributed by atoms with Crippen molar-refractivity contribution in [1.82, 2.24) is 25.0 Å². The number of hydrogen-bond acceptors (Lipinski definition) is 8. The highest BCUT2D eigenvalue weighted by Gasteiger charge is 2.24. The van der Waals surface area contributed by atoms with Crippen molar-refractivity contribution in [1.29, 1.82) is 0 Å². The summed E-state index contributed by atoms with van der Waals surface area (Å²) in [6.07, 6.45) is 2.85. The third kappa shape index (κ3) is 4.01. The highest BCUT2D eigenvalue weighted by Crippen LogP contribution is 2.31. The lowest BCUT2D eigenvalue weighted by molar-refractivity contribution is -0.0479. The molecule has 10 nitrogen and oxygen atoms in total. The molecule has 1 fully saturated rings. The van der Waals surface area contributed by atoms with Gasteiger partial charge in [0.25, 0.3) is 5.56 Å². The van der Waals surface area contributed by atoms with Crippen LogP contribution in [0.1, 0.15) is 51.3 Å². The summed E-state index contributed by atoms with van der Waals surface area (Å²) >= 11 is 1.28. The topological polar surface area (TPSA) is 138 Å². The zero-order valence-electron chi connectivity index (χ0n) is 16.1. The van der Waals surface area contributed by atoms with Gasteiger partial charge in [0, 0.05) is 6.61 Å². The van der Waals surface area contributed by atoms with Gasteiger partial charge in [-0.15, -0.1) is 16.4 Å². The quantitative estimate of drug-likeness (QED) is 0.649. The van der Waals surface area contributed by atoms with Crippen molar-refractivity contribution in [3.8, 4) is 10.6 Å². The molecule has 1 amide bonds. The molecule has 0 spiro atoms. The second-order valence-corrected chi connectivity index (χ2v) is 8.30. The van der Waals surface area contributed by atoms with E-state index in [0.29, 0.717) is 22.5 Å². The zero-order valence-corrected chi connectivity index (χ0v) is 16.9. The summed E-state index contributed by atoms with van der Waals surface area (Å²) in [4.78, 5) is 33.4. The Bertz CT molecular complexity index is 1080. The van der Waals surface area contributed by atoms with Crippen molar-refractivity contribution in [2.75, 3.05) is 6.61 Å². The van der Waals surface area contributed by atoms with Crippen LogP contribution in [0.2, 0.25) is 0 Å². The number of rotatable bonds is 5. The maximum Gasteiger partial charge on any atom is 0.405 e. The van der Waals surface area contributed by atoms with E-state index in [1.807, 2.05) is 13.8 Å². The average Bonchev–Trinajstić information content (AvgIpc) is 3.33. The number of nitrogens with one attached hydrogen (secondary N) is 1. The van der Waals surface area contributed by atoms with E-state index in [0.717, 1.165) is 24.1 Å². The Morgan fingerprint density at radius 1 is 1.45 bits per heavy atom. The second-order valence-electron chi connectivity index (χ2n) is 7.25. The highest BCUT2D eigenvalue weighted by molar-refractivity contribution is 7.22. The van der Waals surface area contributed by atoms with Gasteiger partial charge in [0.2, 0.25) is 0 Å². The minimum atomic E-state index is -0.918. The minimum absolute atomic E-state index is 0.114. The van der Waals surface area contributed by atoms with Gasteiger partial charge in [-0.1, -0.05) is 13.8 Å². The molecule has 11 heteroatoms. The maximum absolute atomic E-state index is 12.6. The molecule has 0 bridgehead atoms. The van der Waals surface area contributed by atoms with Gasteiger partial charge in [0.1, 0.15) is 10.4 Å². The first-order valence-electron chi connectivity index (χ1n) is 9.46. The Balaban J connectivity index is 1.67. The molecule has 1 aliphatic heterocycles. The van der Waals surface area contributed by atoms with Crippen LogP contribution < -0.4 is 11.3 Å². The molecule has 1 aliphatic rings. The van der Waals surface area contributed by atoms with Crippen LogP contribution >= 0.6 is 11.3 Å². The van der Waals surface area contributed by atoms with E-state index >= 15 is 0 Å². The van der Waals surface area contributed by atoms with E-state index in [-0.39, 0.29) is 23.5 Å². The lowest BCUT2D eigenvalue weighted by atomic mass is 10.1. The number of H-pyrrole nitrogens is 1. The van der Waals surface area contributed by atoms with Gasteiger partial charge in [0.05, 0.1) is 16.6 Å². The predicted molar refractivity (Wildman–Crippen MR) is 106 cm³/mol. The molecule has 3 N–H and O–H groups in total. The van der Waals surface area contributed by atoms with Gasteiger partial charge in [-0.2, -0.15) is 9.90 Å². The highest BCUT2D eigenvalue weighted by atomic mass is 32.1. The lowest BCUT2D eigenvalue weighted by Crippen LogP contribution is -2.24. The molecular formula is C18H22N6O4S. The van der Waals surface area contributed by atoms with Crippen LogP contribution in [-0.4, -0.2) is 37.7 Å². The number of carbonyl (C=O) groups excluding carboxylic acids is 1. The lowest BCUT2D eigenvalue weighted by Gasteiger charge is -2.21. The molecule has 0 saturated carbocycles. The number of nitrogens with zero attached hydrogens (tertiary/aromatic N) is 4. The molecule has 2 atom stereocenters. The Morgan fingerprint density at radius 2 is 2.28 bits per heavy atom. The number of carbonyl (C=O) groups is 1. The molecule has 4 heterocycles. The second kappa shape index (κ2) is 7.91. The number of aromatic amines is 1. The first-order valence-corrected chi connectivity index (χ1v) is 10.3. The maximum atomic E-state index is 12.6. The van der Waals surface area contributed by atoms with Crippen molar-refractivity contribution in [2.24, 2.45) is 11.7 Å². The van der Waals surface area contributed by atoms with Crippen molar-refractivity contribution in [3.05, 3.63) is 28.4 Å². The molecule has 0 aliphatic carbocycles. The van der Waals surface area contributed by atoms with Crippen LogP contribution in [0.15, 0.2) is 17.1 Å². The number of primary amides is 1. The molecule has 0 radical (unpaired) electrons. The van der Waals surface area contributed by atoms with Gasteiger partial charge in [0.15, 0.2) is 18.2 Å². The van der Waals surface area contributed by atoms with Crippen molar-refractivity contribution in [3.63, 3.8) is 0 Å². The predicted octanol–water partition coefficient (Wildman–Crippen LogP) is 2.73. The van der Waals surface area contributed by atoms with Crippen LogP contribution in [0.5, 0.6) is 0 Å². The molecule has 3 aromatic rings. The number of ether oxygens (including phenoxy) is 2. The summed E-state index contributed by atoms with van der Waals surface area (Å²) in [5.41, 5.74) is 6.01. The van der Waals surface area contributed by atoms with Crippen LogP contribution in [-0.2, 0) is 9.47 Å². The van der Waals surface area contributed by atoms with Crippen molar-refractivity contribution in [2.45, 2.75) is 45.4 Å². The number of fused-ring (bicyclic) bond motifs is 1. The third-order valence-electron chi connectivity index (χ3n) is 4.69. The fourth-order valence-electron chi connectivity index (χ4n) is 3.29. The molecule has 1 saturated heterocycles. The minimum Gasteiger partial charge on any atom is -0.438 e. The summed E-state index contributed by atoms with van der Waals surface area (Å²) in [6, 6.07) is 1.79. The van der Waals surface area contributed by atoms with Gasteiger partial charge in [-0.25, -0.2) is 9.78 Å². The van der Waals surface area contributed by atoms with Crippen LogP contribution in [0.4, 0.5) is 4.79 Å². The van der Waals surface area contributed by atoms with E-state index in [1.165, 1.54) is 11.3 Å².